The summed E-state index contributed by atoms with van der Waals surface area (Å²) in [5.74, 6) is -2.30. The Balaban J connectivity index is 1.47. The Morgan fingerprint density at radius 2 is 1.51 bits per heavy atom. The lowest BCUT2D eigenvalue weighted by Crippen LogP contribution is -2.67. The Kier molecular flexibility index (Phi) is 12.8. The topological polar surface area (TPSA) is 142 Å². The number of ether oxygens (including phenoxy) is 10. The second-order valence-electron chi connectivity index (χ2n) is 13.4. The zero-order valence-corrected chi connectivity index (χ0v) is 29.3. The molecule has 2 aromatic carbocycles. The lowest BCUT2D eigenvalue weighted by Gasteiger charge is -2.46. The molecule has 1 amide bonds. The van der Waals surface area contributed by atoms with Gasteiger partial charge in [0.1, 0.15) is 48.8 Å². The predicted octanol–water partition coefficient (Wildman–Crippen LogP) is 3.05. The highest BCUT2D eigenvalue weighted by Gasteiger charge is 2.56. The molecule has 0 aliphatic carbocycles. The third-order valence-electron chi connectivity index (χ3n) is 8.63. The maximum absolute atomic E-state index is 12.7. The zero-order valence-electron chi connectivity index (χ0n) is 29.3. The van der Waals surface area contributed by atoms with Gasteiger partial charge in [0.25, 0.3) is 0 Å². The summed E-state index contributed by atoms with van der Waals surface area (Å²) in [6, 6.07) is 18.3. The van der Waals surface area contributed by atoms with E-state index >= 15 is 0 Å². The minimum Gasteiger partial charge on any atom is -0.388 e. The van der Waals surface area contributed by atoms with Crippen LogP contribution in [0.5, 0.6) is 0 Å². The Labute approximate surface area is 288 Å². The largest absolute Gasteiger partial charge is 0.388 e. The van der Waals surface area contributed by atoms with Gasteiger partial charge in [-0.3, -0.25) is 4.79 Å². The second-order valence-corrected chi connectivity index (χ2v) is 13.4. The number of amides is 1. The summed E-state index contributed by atoms with van der Waals surface area (Å²) in [6.07, 6.45) is -8.10. The maximum Gasteiger partial charge on any atom is 0.217 e. The molecule has 0 aromatic heterocycles. The first kappa shape index (κ1) is 37.7. The number of nitrogens with one attached hydrogen (secondary N) is 1. The average molecular weight is 690 g/mol. The summed E-state index contributed by atoms with van der Waals surface area (Å²) in [7, 11) is 3.03. The van der Waals surface area contributed by atoms with Gasteiger partial charge in [-0.25, -0.2) is 0 Å². The first-order valence-electron chi connectivity index (χ1n) is 16.7. The minimum absolute atomic E-state index is 0.0166. The van der Waals surface area contributed by atoms with Crippen molar-refractivity contribution >= 4 is 5.91 Å². The van der Waals surface area contributed by atoms with Gasteiger partial charge in [-0.2, -0.15) is 0 Å². The van der Waals surface area contributed by atoms with E-state index in [1.54, 1.807) is 13.8 Å². The quantitative estimate of drug-likeness (QED) is 0.266. The van der Waals surface area contributed by atoms with Crippen molar-refractivity contribution in [2.24, 2.45) is 0 Å². The molecule has 0 unspecified atom stereocenters. The predicted molar refractivity (Wildman–Crippen MR) is 175 cm³/mol. The standard InChI is InChI=1S/C36H51NO12/c1-22(38)37-27-30(43-19-24-16-12-9-13-17-24)28(39)25(20-42-18-23-14-10-8-11-15-23)45-33(27)46-29(26-21-44-35(2,3)47-26)31-32(34(40-6)41-7)49-36(4,5)48-31/h8-17,25-34,39H,18-21H2,1-7H3,(H,37,38)/t25-,26-,27+,28+,29-,30-,31+,32-,33+/m1/s1. The second kappa shape index (κ2) is 16.7. The minimum atomic E-state index is -1.19. The fourth-order valence-electron chi connectivity index (χ4n) is 6.45. The molecule has 13 nitrogen and oxygen atoms in total. The van der Waals surface area contributed by atoms with Crippen LogP contribution in [0.4, 0.5) is 0 Å². The van der Waals surface area contributed by atoms with Gasteiger partial charge in [0.15, 0.2) is 24.2 Å². The third-order valence-corrected chi connectivity index (χ3v) is 8.63. The van der Waals surface area contributed by atoms with E-state index in [1.165, 1.54) is 21.1 Å². The molecule has 3 saturated heterocycles. The highest BCUT2D eigenvalue weighted by molar-refractivity contribution is 5.73. The van der Waals surface area contributed by atoms with E-state index in [1.807, 2.05) is 74.5 Å². The van der Waals surface area contributed by atoms with Crippen LogP contribution < -0.4 is 5.32 Å². The van der Waals surface area contributed by atoms with Crippen LogP contribution in [0.1, 0.15) is 45.7 Å². The van der Waals surface area contributed by atoms with Gasteiger partial charge in [0.2, 0.25) is 5.91 Å². The van der Waals surface area contributed by atoms with Crippen LogP contribution >= 0.6 is 0 Å². The molecule has 3 aliphatic heterocycles. The molecule has 0 saturated carbocycles. The van der Waals surface area contributed by atoms with Gasteiger partial charge in [0.05, 0.1) is 26.4 Å². The first-order chi connectivity index (χ1) is 23.4. The summed E-state index contributed by atoms with van der Waals surface area (Å²) in [5.41, 5.74) is 1.85. The molecule has 9 atom stereocenters. The van der Waals surface area contributed by atoms with E-state index in [0.717, 1.165) is 11.1 Å². The number of carbonyl (C=O) groups excluding carboxylic acids is 1. The number of aliphatic hydroxyl groups is 1. The average Bonchev–Trinajstić information content (AvgIpc) is 3.59. The lowest BCUT2D eigenvalue weighted by molar-refractivity contribution is -0.311. The van der Waals surface area contributed by atoms with Crippen LogP contribution in [-0.2, 0) is 65.4 Å². The van der Waals surface area contributed by atoms with Crippen molar-refractivity contribution in [2.45, 2.75) is 121 Å². The molecule has 13 heteroatoms. The zero-order chi connectivity index (χ0) is 35.2. The summed E-state index contributed by atoms with van der Waals surface area (Å²) in [6.45, 7) is 9.24. The lowest BCUT2D eigenvalue weighted by atomic mass is 9.95. The van der Waals surface area contributed by atoms with Gasteiger partial charge >= 0.3 is 0 Å². The van der Waals surface area contributed by atoms with Crippen LogP contribution in [0.25, 0.3) is 0 Å². The Morgan fingerprint density at radius 1 is 0.898 bits per heavy atom. The number of hydrogen-bond donors (Lipinski definition) is 2. The third kappa shape index (κ3) is 9.83. The molecule has 3 heterocycles. The Hall–Kier alpha value is -2.53. The monoisotopic (exact) mass is 689 g/mol. The Bertz CT molecular complexity index is 1310. The van der Waals surface area contributed by atoms with E-state index in [-0.39, 0.29) is 25.7 Å². The number of benzene rings is 2. The molecule has 272 valence electrons. The number of aliphatic hydroxyl groups excluding tert-OH is 1. The van der Waals surface area contributed by atoms with E-state index in [0.29, 0.717) is 6.61 Å². The van der Waals surface area contributed by atoms with Crippen LogP contribution in [0, 0.1) is 0 Å². The highest BCUT2D eigenvalue weighted by Crippen LogP contribution is 2.39. The van der Waals surface area contributed by atoms with Gasteiger partial charge in [0, 0.05) is 21.1 Å². The molecular formula is C36H51NO12. The molecule has 3 fully saturated rings. The molecule has 0 bridgehead atoms. The molecular weight excluding hydrogens is 638 g/mol. The fourth-order valence-corrected chi connectivity index (χ4v) is 6.45. The molecule has 5 rings (SSSR count). The van der Waals surface area contributed by atoms with Crippen molar-refractivity contribution in [2.75, 3.05) is 27.4 Å². The highest BCUT2D eigenvalue weighted by atomic mass is 16.8. The summed E-state index contributed by atoms with van der Waals surface area (Å²) in [5, 5.41) is 14.6. The number of methoxy groups -OCH3 is 2. The number of rotatable bonds is 15. The molecule has 49 heavy (non-hydrogen) atoms. The van der Waals surface area contributed by atoms with Crippen LogP contribution in [0.3, 0.4) is 0 Å². The van der Waals surface area contributed by atoms with Crippen LogP contribution in [0.15, 0.2) is 60.7 Å². The summed E-state index contributed by atoms with van der Waals surface area (Å²) < 4.78 is 62.0. The SMILES string of the molecule is COC(OC)[C@@H]1OC(C)(C)O[C@H]1[C@H](O[C@@H]1O[C@H](COCc2ccccc2)[C@H](O)[C@H](OCc2ccccc2)[C@@H]1NC(C)=O)[C@H]1COC(C)(C)O1. The summed E-state index contributed by atoms with van der Waals surface area (Å²) in [4.78, 5) is 12.7. The molecule has 0 radical (unpaired) electrons. The summed E-state index contributed by atoms with van der Waals surface area (Å²) >= 11 is 0. The van der Waals surface area contributed by atoms with Gasteiger partial charge in [-0.05, 0) is 38.8 Å². The van der Waals surface area contributed by atoms with E-state index < -0.39 is 72.9 Å². The molecule has 0 spiro atoms. The van der Waals surface area contributed by atoms with Crippen molar-refractivity contribution in [3.05, 3.63) is 71.8 Å². The van der Waals surface area contributed by atoms with Crippen molar-refractivity contribution in [1.29, 1.82) is 0 Å². The van der Waals surface area contributed by atoms with Crippen LogP contribution in [0.2, 0.25) is 0 Å². The van der Waals surface area contributed by atoms with Crippen molar-refractivity contribution < 1.29 is 57.3 Å². The van der Waals surface area contributed by atoms with Gasteiger partial charge < -0.3 is 57.8 Å². The van der Waals surface area contributed by atoms with E-state index in [4.69, 9.17) is 47.4 Å². The first-order valence-corrected chi connectivity index (χ1v) is 16.7. The smallest absolute Gasteiger partial charge is 0.217 e. The van der Waals surface area contributed by atoms with Gasteiger partial charge in [-0.15, -0.1) is 0 Å². The van der Waals surface area contributed by atoms with Crippen molar-refractivity contribution in [1.82, 2.24) is 5.32 Å². The molecule has 2 N–H and O–H groups in total. The fraction of sp³-hybridized carbons (Fsp3) is 0.639. The number of carbonyl (C=O) groups is 1. The Morgan fingerprint density at radius 3 is 2.08 bits per heavy atom. The molecule has 3 aliphatic rings. The van der Waals surface area contributed by atoms with E-state index in [9.17, 15) is 9.90 Å². The van der Waals surface area contributed by atoms with Crippen molar-refractivity contribution in [3.63, 3.8) is 0 Å². The molecule has 2 aromatic rings. The normalized spacial score (nSPS) is 31.5. The number of hydrogen-bond acceptors (Lipinski definition) is 12. The maximum atomic E-state index is 12.7. The van der Waals surface area contributed by atoms with E-state index in [2.05, 4.69) is 5.32 Å². The van der Waals surface area contributed by atoms with Gasteiger partial charge in [-0.1, -0.05) is 60.7 Å². The van der Waals surface area contributed by atoms with Crippen molar-refractivity contribution in [3.8, 4) is 0 Å². The van der Waals surface area contributed by atoms with Crippen LogP contribution in [-0.4, -0.2) is 111 Å².